The van der Waals surface area contributed by atoms with Crippen molar-refractivity contribution >= 4 is 15.9 Å². The number of ether oxygens (including phenoxy) is 1. The van der Waals surface area contributed by atoms with Gasteiger partial charge in [0.15, 0.2) is 6.73 Å². The highest BCUT2D eigenvalue weighted by Crippen LogP contribution is 2.17. The van der Waals surface area contributed by atoms with Crippen LogP contribution in [0.2, 0.25) is 0 Å². The molecule has 0 aliphatic carbocycles. The Balaban J connectivity index is 2.15. The molecule has 5 nitrogen and oxygen atoms in total. The summed E-state index contributed by atoms with van der Waals surface area (Å²) in [7, 11) is 0. The van der Waals surface area contributed by atoms with E-state index in [9.17, 15) is 0 Å². The molecule has 0 N–H and O–H groups in total. The average Bonchev–Trinajstić information content (AvgIpc) is 2.76. The van der Waals surface area contributed by atoms with Gasteiger partial charge in [0.2, 0.25) is 5.82 Å². The van der Waals surface area contributed by atoms with Crippen molar-refractivity contribution in [3.8, 4) is 11.4 Å². The maximum absolute atomic E-state index is 5.18. The van der Waals surface area contributed by atoms with Gasteiger partial charge in [-0.1, -0.05) is 15.9 Å². The van der Waals surface area contributed by atoms with Crippen LogP contribution in [-0.2, 0) is 11.5 Å². The smallest absolute Gasteiger partial charge is 0.205 e. The Kier molecular flexibility index (Phi) is 3.63. The standard InChI is InChI=1S/C10H11BrN4O/c1-2-16-7-15-13-10(12-14-15)8-3-5-9(11)6-4-8/h3-6H,2,7H2,1H3. The van der Waals surface area contributed by atoms with Crippen LogP contribution in [-0.4, -0.2) is 26.8 Å². The molecule has 0 fully saturated rings. The van der Waals surface area contributed by atoms with E-state index in [1.54, 1.807) is 0 Å². The zero-order valence-corrected chi connectivity index (χ0v) is 10.4. The zero-order valence-electron chi connectivity index (χ0n) is 8.80. The highest BCUT2D eigenvalue weighted by Gasteiger charge is 2.04. The maximum atomic E-state index is 5.18. The number of hydrogen-bond donors (Lipinski definition) is 0. The summed E-state index contributed by atoms with van der Waals surface area (Å²) in [6.45, 7) is 2.89. The molecule has 1 aromatic heterocycles. The largest absolute Gasteiger partial charge is 0.358 e. The van der Waals surface area contributed by atoms with Gasteiger partial charge in [0, 0.05) is 16.6 Å². The molecule has 0 radical (unpaired) electrons. The lowest BCUT2D eigenvalue weighted by Gasteiger charge is -1.97. The minimum absolute atomic E-state index is 0.333. The summed E-state index contributed by atoms with van der Waals surface area (Å²) >= 11 is 3.38. The summed E-state index contributed by atoms with van der Waals surface area (Å²) in [5, 5.41) is 12.0. The predicted octanol–water partition coefficient (Wildman–Crippen LogP) is 2.10. The lowest BCUT2D eigenvalue weighted by Crippen LogP contribution is -2.05. The van der Waals surface area contributed by atoms with Crippen molar-refractivity contribution in [3.63, 3.8) is 0 Å². The summed E-state index contributed by atoms with van der Waals surface area (Å²) in [4.78, 5) is 1.43. The second-order valence-corrected chi connectivity index (χ2v) is 4.03. The Hall–Kier alpha value is -1.27. The first-order chi connectivity index (χ1) is 7.79. The summed E-state index contributed by atoms with van der Waals surface area (Å²) in [6.07, 6.45) is 0. The van der Waals surface area contributed by atoms with Gasteiger partial charge in [-0.3, -0.25) is 0 Å². The van der Waals surface area contributed by atoms with E-state index >= 15 is 0 Å². The van der Waals surface area contributed by atoms with Crippen LogP contribution in [0.3, 0.4) is 0 Å². The molecule has 2 rings (SSSR count). The Morgan fingerprint density at radius 1 is 1.31 bits per heavy atom. The van der Waals surface area contributed by atoms with Gasteiger partial charge in [0.25, 0.3) is 0 Å². The first kappa shape index (κ1) is 11.2. The second-order valence-electron chi connectivity index (χ2n) is 3.11. The van der Waals surface area contributed by atoms with E-state index in [2.05, 4.69) is 31.3 Å². The molecule has 1 aromatic carbocycles. The Bertz CT molecular complexity index is 454. The average molecular weight is 283 g/mol. The summed E-state index contributed by atoms with van der Waals surface area (Å²) in [6, 6.07) is 7.76. The van der Waals surface area contributed by atoms with Crippen LogP contribution < -0.4 is 0 Å². The van der Waals surface area contributed by atoms with Gasteiger partial charge in [-0.05, 0) is 36.4 Å². The third-order valence-electron chi connectivity index (χ3n) is 1.97. The molecule has 16 heavy (non-hydrogen) atoms. The molecule has 0 saturated carbocycles. The minimum Gasteiger partial charge on any atom is -0.358 e. The molecule has 84 valence electrons. The Morgan fingerprint density at radius 2 is 2.06 bits per heavy atom. The van der Waals surface area contributed by atoms with Crippen molar-refractivity contribution < 1.29 is 4.74 Å². The molecule has 0 bridgehead atoms. The van der Waals surface area contributed by atoms with Gasteiger partial charge in [-0.15, -0.1) is 15.0 Å². The van der Waals surface area contributed by atoms with Crippen LogP contribution in [0.1, 0.15) is 6.92 Å². The van der Waals surface area contributed by atoms with Gasteiger partial charge >= 0.3 is 0 Å². The fraction of sp³-hybridized carbons (Fsp3) is 0.300. The first-order valence-electron chi connectivity index (χ1n) is 4.91. The van der Waals surface area contributed by atoms with Crippen LogP contribution in [0.4, 0.5) is 0 Å². The summed E-state index contributed by atoms with van der Waals surface area (Å²) in [5.74, 6) is 0.604. The molecule has 1 heterocycles. The Morgan fingerprint density at radius 3 is 2.75 bits per heavy atom. The summed E-state index contributed by atoms with van der Waals surface area (Å²) in [5.41, 5.74) is 0.936. The van der Waals surface area contributed by atoms with E-state index in [4.69, 9.17) is 4.74 Å². The molecule has 0 saturated heterocycles. The molecule has 0 atom stereocenters. The zero-order chi connectivity index (χ0) is 11.4. The van der Waals surface area contributed by atoms with Gasteiger partial charge < -0.3 is 4.74 Å². The summed E-state index contributed by atoms with van der Waals surface area (Å²) < 4.78 is 6.20. The predicted molar refractivity (Wildman–Crippen MR) is 62.6 cm³/mol. The van der Waals surface area contributed by atoms with E-state index < -0.39 is 0 Å². The fourth-order valence-corrected chi connectivity index (χ4v) is 1.45. The van der Waals surface area contributed by atoms with Crippen molar-refractivity contribution in [2.45, 2.75) is 13.7 Å². The highest BCUT2D eigenvalue weighted by atomic mass is 79.9. The number of nitrogens with zero attached hydrogens (tertiary/aromatic N) is 4. The number of rotatable bonds is 4. The van der Waals surface area contributed by atoms with E-state index in [0.717, 1.165) is 10.0 Å². The normalized spacial score (nSPS) is 10.6. The SMILES string of the molecule is CCOCn1nnc(-c2ccc(Br)cc2)n1. The Labute approximate surface area is 102 Å². The number of aromatic nitrogens is 4. The number of tetrazole rings is 1. The topological polar surface area (TPSA) is 52.8 Å². The monoisotopic (exact) mass is 282 g/mol. The van der Waals surface area contributed by atoms with Crippen molar-refractivity contribution in [2.24, 2.45) is 0 Å². The van der Waals surface area contributed by atoms with Gasteiger partial charge in [-0.2, -0.15) is 0 Å². The van der Waals surface area contributed by atoms with E-state index in [1.165, 1.54) is 4.80 Å². The quantitative estimate of drug-likeness (QED) is 0.862. The molecular weight excluding hydrogens is 272 g/mol. The molecule has 0 aliphatic rings. The van der Waals surface area contributed by atoms with Gasteiger partial charge in [0.1, 0.15) is 0 Å². The maximum Gasteiger partial charge on any atom is 0.205 e. The molecule has 6 heteroatoms. The highest BCUT2D eigenvalue weighted by molar-refractivity contribution is 9.10. The molecule has 0 aliphatic heterocycles. The van der Waals surface area contributed by atoms with E-state index in [-0.39, 0.29) is 0 Å². The number of benzene rings is 1. The first-order valence-corrected chi connectivity index (χ1v) is 5.70. The molecular formula is C10H11BrN4O. The van der Waals surface area contributed by atoms with Crippen LogP contribution in [0.5, 0.6) is 0 Å². The van der Waals surface area contributed by atoms with Crippen LogP contribution in [0, 0.1) is 0 Å². The van der Waals surface area contributed by atoms with E-state index in [1.807, 2.05) is 31.2 Å². The molecule has 0 amide bonds. The minimum atomic E-state index is 0.333. The van der Waals surface area contributed by atoms with E-state index in [0.29, 0.717) is 19.2 Å². The van der Waals surface area contributed by atoms with Crippen LogP contribution in [0.25, 0.3) is 11.4 Å². The van der Waals surface area contributed by atoms with Crippen LogP contribution in [0.15, 0.2) is 28.7 Å². The molecule has 2 aromatic rings. The second kappa shape index (κ2) is 5.18. The van der Waals surface area contributed by atoms with Crippen molar-refractivity contribution in [3.05, 3.63) is 28.7 Å². The third-order valence-corrected chi connectivity index (χ3v) is 2.49. The van der Waals surface area contributed by atoms with Crippen LogP contribution >= 0.6 is 15.9 Å². The fourth-order valence-electron chi connectivity index (χ4n) is 1.19. The molecule has 0 unspecified atom stereocenters. The third kappa shape index (κ3) is 2.65. The lowest BCUT2D eigenvalue weighted by molar-refractivity contribution is 0.0679. The van der Waals surface area contributed by atoms with Crippen molar-refractivity contribution in [2.75, 3.05) is 6.61 Å². The lowest BCUT2D eigenvalue weighted by atomic mass is 10.2. The number of halogens is 1. The number of hydrogen-bond acceptors (Lipinski definition) is 4. The van der Waals surface area contributed by atoms with Gasteiger partial charge in [0.05, 0.1) is 0 Å². The van der Waals surface area contributed by atoms with Crippen molar-refractivity contribution in [1.29, 1.82) is 0 Å². The van der Waals surface area contributed by atoms with Gasteiger partial charge in [-0.25, -0.2) is 0 Å². The molecule has 0 spiro atoms. The van der Waals surface area contributed by atoms with Crippen molar-refractivity contribution in [1.82, 2.24) is 20.2 Å².